The molecule has 0 fully saturated rings. The molecule has 4 nitrogen and oxygen atoms in total. The Morgan fingerprint density at radius 2 is 2.45 bits per heavy atom. The lowest BCUT2D eigenvalue weighted by Crippen LogP contribution is -2.06. The van der Waals surface area contributed by atoms with Crippen LogP contribution in [0.1, 0.15) is 5.69 Å². The number of aromatic nitrogens is 1. The number of hydrogen-bond donors (Lipinski definition) is 2. The second kappa shape index (κ2) is 3.35. The van der Waals surface area contributed by atoms with E-state index in [-0.39, 0.29) is 0 Å². The van der Waals surface area contributed by atoms with Crippen LogP contribution in [-0.4, -0.2) is 15.6 Å². The summed E-state index contributed by atoms with van der Waals surface area (Å²) in [5, 5.41) is 11.2. The topological polar surface area (TPSA) is 62.2 Å². The van der Waals surface area contributed by atoms with E-state index in [0.29, 0.717) is 5.00 Å². The second-order valence-corrected chi connectivity index (χ2v) is 3.69. The SMILES string of the molecule is Cc1nsc(NC(=O)O)c1I. The number of rotatable bonds is 1. The van der Waals surface area contributed by atoms with E-state index in [1.807, 2.05) is 6.92 Å². The summed E-state index contributed by atoms with van der Waals surface area (Å²) in [6.45, 7) is 1.84. The summed E-state index contributed by atoms with van der Waals surface area (Å²) in [7, 11) is 0. The lowest BCUT2D eigenvalue weighted by molar-refractivity contribution is 0.210. The van der Waals surface area contributed by atoms with Gasteiger partial charge >= 0.3 is 6.09 Å². The minimum atomic E-state index is -1.05. The lowest BCUT2D eigenvalue weighted by Gasteiger charge is -1.94. The molecule has 1 aromatic rings. The third-order valence-corrected chi connectivity index (χ3v) is 3.55. The normalized spacial score (nSPS) is 9.64. The van der Waals surface area contributed by atoms with Crippen LogP contribution in [0.5, 0.6) is 0 Å². The Morgan fingerprint density at radius 3 is 2.82 bits per heavy atom. The monoisotopic (exact) mass is 284 g/mol. The van der Waals surface area contributed by atoms with E-state index in [0.717, 1.165) is 20.8 Å². The summed E-state index contributed by atoms with van der Waals surface area (Å²) < 4.78 is 4.85. The van der Waals surface area contributed by atoms with Gasteiger partial charge in [-0.2, -0.15) is 4.37 Å². The van der Waals surface area contributed by atoms with Crippen molar-refractivity contribution in [1.82, 2.24) is 4.37 Å². The molecule has 0 unspecified atom stereocenters. The van der Waals surface area contributed by atoms with Crippen LogP contribution in [0.3, 0.4) is 0 Å². The van der Waals surface area contributed by atoms with Crippen molar-refractivity contribution in [2.45, 2.75) is 6.92 Å². The third kappa shape index (κ3) is 2.03. The molecule has 2 N–H and O–H groups in total. The summed E-state index contributed by atoms with van der Waals surface area (Å²) in [6, 6.07) is 0. The first-order valence-electron chi connectivity index (χ1n) is 2.73. The van der Waals surface area contributed by atoms with Crippen LogP contribution in [0, 0.1) is 10.5 Å². The zero-order chi connectivity index (χ0) is 8.43. The Morgan fingerprint density at radius 1 is 1.82 bits per heavy atom. The van der Waals surface area contributed by atoms with E-state index >= 15 is 0 Å². The van der Waals surface area contributed by atoms with Gasteiger partial charge in [0.05, 0.1) is 9.26 Å². The molecule has 0 aromatic carbocycles. The first kappa shape index (κ1) is 8.72. The fourth-order valence-electron chi connectivity index (χ4n) is 0.533. The van der Waals surface area contributed by atoms with E-state index in [2.05, 4.69) is 32.3 Å². The average Bonchev–Trinajstić information content (AvgIpc) is 2.18. The Labute approximate surface area is 80.9 Å². The van der Waals surface area contributed by atoms with Crippen molar-refractivity contribution in [3.63, 3.8) is 0 Å². The second-order valence-electron chi connectivity index (χ2n) is 1.84. The van der Waals surface area contributed by atoms with Crippen molar-refractivity contribution in [3.05, 3.63) is 9.26 Å². The van der Waals surface area contributed by atoms with E-state index < -0.39 is 6.09 Å². The Bertz CT molecular complexity index is 286. The minimum absolute atomic E-state index is 0.593. The standard InChI is InChI=1S/C5H5IN2O2S/c1-2-3(6)4(11-8-2)7-5(9)10/h7H,1H3,(H,9,10). The number of carboxylic acid groups (broad SMARTS) is 1. The average molecular weight is 284 g/mol. The first-order chi connectivity index (χ1) is 5.11. The van der Waals surface area contributed by atoms with Crippen LogP contribution in [-0.2, 0) is 0 Å². The Kier molecular flexibility index (Phi) is 2.66. The molecular weight excluding hydrogens is 279 g/mol. The molecule has 0 aliphatic heterocycles. The number of halogens is 1. The first-order valence-corrected chi connectivity index (χ1v) is 4.58. The van der Waals surface area contributed by atoms with Gasteiger partial charge in [0.2, 0.25) is 0 Å². The molecule has 1 rings (SSSR count). The molecule has 0 saturated heterocycles. The van der Waals surface area contributed by atoms with E-state index in [9.17, 15) is 4.79 Å². The summed E-state index contributed by atoms with van der Waals surface area (Å²) in [5.74, 6) is 0. The van der Waals surface area contributed by atoms with Crippen LogP contribution < -0.4 is 5.32 Å². The largest absolute Gasteiger partial charge is 0.465 e. The van der Waals surface area contributed by atoms with Gasteiger partial charge in [-0.25, -0.2) is 4.79 Å². The molecule has 1 amide bonds. The summed E-state index contributed by atoms with van der Waals surface area (Å²) in [5.41, 5.74) is 0.861. The summed E-state index contributed by atoms with van der Waals surface area (Å²) in [6.07, 6.45) is -1.05. The molecule has 6 heteroatoms. The van der Waals surface area contributed by atoms with Gasteiger partial charge in [-0.3, -0.25) is 5.32 Å². The molecular formula is C5H5IN2O2S. The van der Waals surface area contributed by atoms with Crippen molar-refractivity contribution < 1.29 is 9.90 Å². The zero-order valence-electron chi connectivity index (χ0n) is 5.59. The van der Waals surface area contributed by atoms with Crippen LogP contribution in [0.25, 0.3) is 0 Å². The maximum Gasteiger partial charge on any atom is 0.409 e. The van der Waals surface area contributed by atoms with E-state index in [1.54, 1.807) is 0 Å². The number of carbonyl (C=O) groups is 1. The maximum atomic E-state index is 10.2. The van der Waals surface area contributed by atoms with Crippen molar-refractivity contribution in [3.8, 4) is 0 Å². The molecule has 0 aliphatic rings. The minimum Gasteiger partial charge on any atom is -0.465 e. The maximum absolute atomic E-state index is 10.2. The fourth-order valence-corrected chi connectivity index (χ4v) is 1.93. The van der Waals surface area contributed by atoms with Gasteiger partial charge in [0.1, 0.15) is 5.00 Å². The molecule has 0 spiro atoms. The number of hydrogen-bond acceptors (Lipinski definition) is 3. The predicted molar refractivity (Wildman–Crippen MR) is 51.2 cm³/mol. The highest BCUT2D eigenvalue weighted by Crippen LogP contribution is 2.25. The third-order valence-electron chi connectivity index (χ3n) is 1.01. The number of nitrogens with one attached hydrogen (secondary N) is 1. The molecule has 0 radical (unpaired) electrons. The predicted octanol–water partition coefficient (Wildman–Crippen LogP) is 2.15. The molecule has 11 heavy (non-hydrogen) atoms. The van der Waals surface area contributed by atoms with Crippen LogP contribution in [0.4, 0.5) is 9.80 Å². The molecule has 0 atom stereocenters. The Balaban J connectivity index is 2.87. The molecule has 0 aliphatic carbocycles. The van der Waals surface area contributed by atoms with Gasteiger partial charge in [0.15, 0.2) is 0 Å². The summed E-state index contributed by atoms with van der Waals surface area (Å²) in [4.78, 5) is 10.2. The van der Waals surface area contributed by atoms with Crippen molar-refractivity contribution in [2.24, 2.45) is 0 Å². The highest BCUT2D eigenvalue weighted by atomic mass is 127. The zero-order valence-corrected chi connectivity index (χ0v) is 8.56. The number of aryl methyl sites for hydroxylation is 1. The van der Waals surface area contributed by atoms with E-state index in [1.165, 1.54) is 0 Å². The van der Waals surface area contributed by atoms with Gasteiger partial charge in [-0.05, 0) is 41.0 Å². The van der Waals surface area contributed by atoms with Gasteiger partial charge in [-0.1, -0.05) is 0 Å². The molecule has 1 aromatic heterocycles. The van der Waals surface area contributed by atoms with Crippen LogP contribution in [0.2, 0.25) is 0 Å². The van der Waals surface area contributed by atoms with Crippen molar-refractivity contribution >= 4 is 45.2 Å². The van der Waals surface area contributed by atoms with Gasteiger partial charge in [-0.15, -0.1) is 0 Å². The Hall–Kier alpha value is -0.370. The highest BCUT2D eigenvalue weighted by Gasteiger charge is 2.08. The van der Waals surface area contributed by atoms with E-state index in [4.69, 9.17) is 5.11 Å². The van der Waals surface area contributed by atoms with Gasteiger partial charge in [0.25, 0.3) is 0 Å². The van der Waals surface area contributed by atoms with Crippen LogP contribution >= 0.6 is 34.1 Å². The fraction of sp³-hybridized carbons (Fsp3) is 0.200. The molecule has 0 saturated carbocycles. The molecule has 60 valence electrons. The summed E-state index contributed by atoms with van der Waals surface area (Å²) >= 11 is 3.21. The smallest absolute Gasteiger partial charge is 0.409 e. The van der Waals surface area contributed by atoms with Crippen molar-refractivity contribution in [1.29, 1.82) is 0 Å². The molecule has 0 bridgehead atoms. The number of anilines is 1. The van der Waals surface area contributed by atoms with Gasteiger partial charge < -0.3 is 5.11 Å². The quantitative estimate of drug-likeness (QED) is 0.777. The van der Waals surface area contributed by atoms with Crippen molar-refractivity contribution in [2.75, 3.05) is 5.32 Å². The number of amides is 1. The van der Waals surface area contributed by atoms with Crippen LogP contribution in [0.15, 0.2) is 0 Å². The molecule has 1 heterocycles. The van der Waals surface area contributed by atoms with Gasteiger partial charge in [0, 0.05) is 0 Å². The number of nitrogens with zero attached hydrogens (tertiary/aromatic N) is 1. The highest BCUT2D eigenvalue weighted by molar-refractivity contribution is 14.1. The lowest BCUT2D eigenvalue weighted by atomic mass is 10.5.